The Hall–Kier alpha value is -1.30. The van der Waals surface area contributed by atoms with E-state index in [0.29, 0.717) is 19.5 Å². The quantitative estimate of drug-likeness (QED) is 0.750. The van der Waals surface area contributed by atoms with Gasteiger partial charge in [0, 0.05) is 32.7 Å². The Bertz CT molecular complexity index is 288. The van der Waals surface area contributed by atoms with Crippen molar-refractivity contribution < 1.29 is 14.7 Å². The van der Waals surface area contributed by atoms with Crippen LogP contribution in [-0.4, -0.2) is 66.2 Å². The summed E-state index contributed by atoms with van der Waals surface area (Å²) in [5.74, 6) is -1.35. The fourth-order valence-electron chi connectivity index (χ4n) is 2.00. The first-order valence-electron chi connectivity index (χ1n) is 6.56. The third kappa shape index (κ3) is 4.18. The van der Waals surface area contributed by atoms with E-state index in [4.69, 9.17) is 5.11 Å². The molecule has 0 radical (unpaired) electrons. The first-order valence-corrected chi connectivity index (χ1v) is 6.56. The van der Waals surface area contributed by atoms with Crippen LogP contribution < -0.4 is 5.32 Å². The van der Waals surface area contributed by atoms with Gasteiger partial charge in [0.05, 0.1) is 5.92 Å². The molecule has 0 aliphatic carbocycles. The Morgan fingerprint density at radius 3 is 2.28 bits per heavy atom. The number of nitrogens with one attached hydrogen (secondary N) is 1. The molecule has 0 spiro atoms. The molecule has 0 aromatic rings. The molecule has 2 amide bonds. The molecular formula is C12H23N3O3. The van der Waals surface area contributed by atoms with Crippen molar-refractivity contribution in [2.24, 2.45) is 5.92 Å². The van der Waals surface area contributed by atoms with Gasteiger partial charge in [0.15, 0.2) is 0 Å². The van der Waals surface area contributed by atoms with Gasteiger partial charge in [0.25, 0.3) is 0 Å². The second-order valence-electron chi connectivity index (χ2n) is 4.55. The number of hydrogen-bond acceptors (Lipinski definition) is 3. The number of carboxylic acid groups (broad SMARTS) is 1. The Morgan fingerprint density at radius 2 is 1.83 bits per heavy atom. The van der Waals surface area contributed by atoms with Gasteiger partial charge in [0.1, 0.15) is 0 Å². The van der Waals surface area contributed by atoms with Crippen LogP contribution in [0.2, 0.25) is 0 Å². The number of piperazine rings is 1. The predicted octanol–water partition coefficient (Wildman–Crippen LogP) is 0.444. The normalized spacial score (nSPS) is 18.4. The summed E-state index contributed by atoms with van der Waals surface area (Å²) in [6.45, 7) is 8.33. The standard InChI is InChI=1S/C12H23N3O3/c1-3-10(11(16)17)9-13-12(18)15-7-5-14(4-2)6-8-15/h10H,3-9H2,1-2H3,(H,13,18)(H,16,17). The van der Waals surface area contributed by atoms with Crippen molar-refractivity contribution in [2.45, 2.75) is 20.3 Å². The number of likely N-dealkylation sites (N-methyl/N-ethyl adjacent to an activating group) is 1. The molecule has 0 saturated carbocycles. The van der Waals surface area contributed by atoms with E-state index in [2.05, 4.69) is 17.1 Å². The van der Waals surface area contributed by atoms with Crippen LogP contribution in [-0.2, 0) is 4.79 Å². The highest BCUT2D eigenvalue weighted by atomic mass is 16.4. The zero-order chi connectivity index (χ0) is 13.5. The minimum atomic E-state index is -0.853. The summed E-state index contributed by atoms with van der Waals surface area (Å²) in [5.41, 5.74) is 0. The van der Waals surface area contributed by atoms with Crippen molar-refractivity contribution in [1.29, 1.82) is 0 Å². The highest BCUT2D eigenvalue weighted by Crippen LogP contribution is 2.03. The van der Waals surface area contributed by atoms with E-state index in [1.807, 2.05) is 6.92 Å². The number of hydrogen-bond donors (Lipinski definition) is 2. The molecule has 104 valence electrons. The molecule has 6 nitrogen and oxygen atoms in total. The molecule has 18 heavy (non-hydrogen) atoms. The molecule has 1 heterocycles. The molecule has 1 atom stereocenters. The average Bonchev–Trinajstić information content (AvgIpc) is 2.39. The Balaban J connectivity index is 2.31. The van der Waals surface area contributed by atoms with Crippen LogP contribution in [0.4, 0.5) is 4.79 Å². The molecule has 1 fully saturated rings. The first-order chi connectivity index (χ1) is 8.58. The van der Waals surface area contributed by atoms with Gasteiger partial charge in [-0.2, -0.15) is 0 Å². The minimum Gasteiger partial charge on any atom is -0.481 e. The lowest BCUT2D eigenvalue weighted by Gasteiger charge is -2.34. The number of carboxylic acids is 1. The Morgan fingerprint density at radius 1 is 1.22 bits per heavy atom. The van der Waals surface area contributed by atoms with Gasteiger partial charge in [-0.15, -0.1) is 0 Å². The molecular weight excluding hydrogens is 234 g/mol. The number of nitrogens with zero attached hydrogens (tertiary/aromatic N) is 2. The summed E-state index contributed by atoms with van der Waals surface area (Å²) in [4.78, 5) is 26.7. The minimum absolute atomic E-state index is 0.148. The van der Waals surface area contributed by atoms with Crippen LogP contribution in [0.1, 0.15) is 20.3 Å². The van der Waals surface area contributed by atoms with E-state index in [0.717, 1.165) is 19.6 Å². The summed E-state index contributed by atoms with van der Waals surface area (Å²) in [6.07, 6.45) is 0.527. The van der Waals surface area contributed by atoms with Crippen molar-refractivity contribution in [3.05, 3.63) is 0 Å². The van der Waals surface area contributed by atoms with Crippen molar-refractivity contribution in [3.8, 4) is 0 Å². The summed E-state index contributed by atoms with van der Waals surface area (Å²) in [5, 5.41) is 11.6. The van der Waals surface area contributed by atoms with Crippen molar-refractivity contribution in [2.75, 3.05) is 39.3 Å². The maximum Gasteiger partial charge on any atom is 0.317 e. The second kappa shape index (κ2) is 7.20. The maximum atomic E-state index is 11.8. The van der Waals surface area contributed by atoms with E-state index in [-0.39, 0.29) is 12.6 Å². The van der Waals surface area contributed by atoms with Crippen LogP contribution in [0, 0.1) is 5.92 Å². The van der Waals surface area contributed by atoms with Gasteiger partial charge in [-0.3, -0.25) is 4.79 Å². The van der Waals surface area contributed by atoms with Gasteiger partial charge in [-0.05, 0) is 13.0 Å². The smallest absolute Gasteiger partial charge is 0.317 e. The van der Waals surface area contributed by atoms with Crippen LogP contribution in [0.3, 0.4) is 0 Å². The molecule has 0 aromatic heterocycles. The van der Waals surface area contributed by atoms with E-state index in [1.54, 1.807) is 4.90 Å². The predicted molar refractivity (Wildman–Crippen MR) is 68.5 cm³/mol. The lowest BCUT2D eigenvalue weighted by molar-refractivity contribution is -0.141. The van der Waals surface area contributed by atoms with Gasteiger partial charge in [-0.25, -0.2) is 4.79 Å². The van der Waals surface area contributed by atoms with E-state index >= 15 is 0 Å². The van der Waals surface area contributed by atoms with Gasteiger partial charge in [0.2, 0.25) is 0 Å². The summed E-state index contributed by atoms with van der Waals surface area (Å²) < 4.78 is 0. The fraction of sp³-hybridized carbons (Fsp3) is 0.833. The molecule has 2 N–H and O–H groups in total. The monoisotopic (exact) mass is 257 g/mol. The average molecular weight is 257 g/mol. The molecule has 1 aliphatic heterocycles. The van der Waals surface area contributed by atoms with Gasteiger partial charge < -0.3 is 20.2 Å². The number of carbonyl (C=O) groups excluding carboxylic acids is 1. The zero-order valence-corrected chi connectivity index (χ0v) is 11.2. The second-order valence-corrected chi connectivity index (χ2v) is 4.55. The summed E-state index contributed by atoms with van der Waals surface area (Å²) in [6, 6.07) is -0.148. The van der Waals surface area contributed by atoms with E-state index in [9.17, 15) is 9.59 Å². The molecule has 1 unspecified atom stereocenters. The van der Waals surface area contributed by atoms with Crippen molar-refractivity contribution in [1.82, 2.24) is 15.1 Å². The largest absolute Gasteiger partial charge is 0.481 e. The van der Waals surface area contributed by atoms with E-state index in [1.165, 1.54) is 0 Å². The molecule has 0 bridgehead atoms. The number of amides is 2. The lowest BCUT2D eigenvalue weighted by Crippen LogP contribution is -2.52. The number of urea groups is 1. The first kappa shape index (κ1) is 14.8. The molecule has 0 aromatic carbocycles. The molecule has 1 aliphatic rings. The lowest BCUT2D eigenvalue weighted by atomic mass is 10.1. The Labute approximate surface area is 108 Å². The highest BCUT2D eigenvalue weighted by molar-refractivity contribution is 5.76. The summed E-state index contributed by atoms with van der Waals surface area (Å²) in [7, 11) is 0. The molecule has 1 rings (SSSR count). The van der Waals surface area contributed by atoms with Crippen LogP contribution in [0.25, 0.3) is 0 Å². The van der Waals surface area contributed by atoms with Gasteiger partial charge >= 0.3 is 12.0 Å². The molecule has 1 saturated heterocycles. The topological polar surface area (TPSA) is 72.9 Å². The van der Waals surface area contributed by atoms with Crippen LogP contribution in [0.15, 0.2) is 0 Å². The van der Waals surface area contributed by atoms with Crippen LogP contribution in [0.5, 0.6) is 0 Å². The maximum absolute atomic E-state index is 11.8. The zero-order valence-electron chi connectivity index (χ0n) is 11.2. The Kier molecular flexibility index (Phi) is 5.91. The van der Waals surface area contributed by atoms with Crippen LogP contribution >= 0.6 is 0 Å². The van der Waals surface area contributed by atoms with Crippen molar-refractivity contribution >= 4 is 12.0 Å². The fourth-order valence-corrected chi connectivity index (χ4v) is 2.00. The third-order valence-corrected chi connectivity index (χ3v) is 3.45. The van der Waals surface area contributed by atoms with E-state index < -0.39 is 11.9 Å². The number of aliphatic carboxylic acids is 1. The third-order valence-electron chi connectivity index (χ3n) is 3.45. The SMILES string of the molecule is CCC(CNC(=O)N1CCN(CC)CC1)C(=O)O. The summed E-state index contributed by atoms with van der Waals surface area (Å²) >= 11 is 0. The molecule has 6 heteroatoms. The highest BCUT2D eigenvalue weighted by Gasteiger charge is 2.22. The number of rotatable bonds is 5. The van der Waals surface area contributed by atoms with Gasteiger partial charge in [-0.1, -0.05) is 13.8 Å². The van der Waals surface area contributed by atoms with Crippen molar-refractivity contribution in [3.63, 3.8) is 0 Å². The number of carbonyl (C=O) groups is 2.